The summed E-state index contributed by atoms with van der Waals surface area (Å²) in [5, 5.41) is 0. The quantitative estimate of drug-likeness (QED) is 0.760. The van der Waals surface area contributed by atoms with Crippen molar-refractivity contribution < 1.29 is 9.59 Å². The maximum atomic E-state index is 12.8. The molecule has 0 radical (unpaired) electrons. The molecule has 2 bridgehead atoms. The van der Waals surface area contributed by atoms with Crippen molar-refractivity contribution in [3.05, 3.63) is 54.6 Å². The molecular weight excluding hydrogens is 360 g/mol. The first-order valence-corrected chi connectivity index (χ1v) is 10.2. The highest BCUT2D eigenvalue weighted by molar-refractivity contribution is 8.00. The molecule has 3 fully saturated rings. The van der Waals surface area contributed by atoms with E-state index in [2.05, 4.69) is 9.97 Å². The predicted octanol–water partition coefficient (Wildman–Crippen LogP) is 2.33. The molecule has 1 aromatic heterocycles. The molecule has 0 saturated carbocycles. The van der Waals surface area contributed by atoms with Crippen molar-refractivity contribution in [2.75, 3.05) is 25.4 Å². The van der Waals surface area contributed by atoms with E-state index in [1.807, 2.05) is 40.1 Å². The van der Waals surface area contributed by atoms with Gasteiger partial charge in [0.15, 0.2) is 0 Å². The van der Waals surface area contributed by atoms with Gasteiger partial charge in [0.2, 0.25) is 5.91 Å². The van der Waals surface area contributed by atoms with Crippen LogP contribution in [0.1, 0.15) is 23.3 Å². The number of carbonyl (C=O) groups excluding carboxylic acids is 2. The summed E-state index contributed by atoms with van der Waals surface area (Å²) in [7, 11) is 0. The van der Waals surface area contributed by atoms with E-state index in [0.29, 0.717) is 30.5 Å². The molecular formula is C20H22N4O2S. The number of benzene rings is 1. The highest BCUT2D eigenvalue weighted by Crippen LogP contribution is 2.29. The molecule has 2 atom stereocenters. The Bertz CT molecular complexity index is 802. The molecule has 0 spiro atoms. The fourth-order valence-electron chi connectivity index (χ4n) is 3.87. The lowest BCUT2D eigenvalue weighted by Gasteiger charge is -2.36. The number of piperidine rings is 1. The van der Waals surface area contributed by atoms with Gasteiger partial charge in [0.25, 0.3) is 5.91 Å². The standard InChI is InChI=1S/C20H22N4O2S/c25-19(14-27-17-4-2-1-3-5-17)24-12-15-6-7-16(24)13-23(11-15)20(26)18-10-21-8-9-22-18/h1-5,8-10,15-16H,6-7,11-14H2/t15-,16+/m1/s1. The maximum absolute atomic E-state index is 12.8. The number of hydrogen-bond donors (Lipinski definition) is 0. The van der Waals surface area contributed by atoms with Gasteiger partial charge in [0.05, 0.1) is 11.9 Å². The molecule has 1 aromatic carbocycles. The third-order valence-corrected chi connectivity index (χ3v) is 6.21. The molecule has 7 heteroatoms. The van der Waals surface area contributed by atoms with Crippen LogP contribution in [0.3, 0.4) is 0 Å². The van der Waals surface area contributed by atoms with Crippen molar-refractivity contribution in [1.29, 1.82) is 0 Å². The van der Waals surface area contributed by atoms with Gasteiger partial charge < -0.3 is 9.80 Å². The van der Waals surface area contributed by atoms with E-state index in [1.165, 1.54) is 12.4 Å². The number of nitrogens with zero attached hydrogens (tertiary/aromatic N) is 4. The molecule has 0 N–H and O–H groups in total. The van der Waals surface area contributed by atoms with Gasteiger partial charge in [0.1, 0.15) is 5.69 Å². The van der Waals surface area contributed by atoms with E-state index in [-0.39, 0.29) is 17.9 Å². The minimum absolute atomic E-state index is 0.0899. The Morgan fingerprint density at radius 1 is 1.07 bits per heavy atom. The van der Waals surface area contributed by atoms with Gasteiger partial charge in [-0.3, -0.25) is 14.6 Å². The van der Waals surface area contributed by atoms with Crippen molar-refractivity contribution >= 4 is 23.6 Å². The van der Waals surface area contributed by atoms with Crippen molar-refractivity contribution in [3.63, 3.8) is 0 Å². The van der Waals surface area contributed by atoms with Gasteiger partial charge in [0, 0.05) is 43.0 Å². The van der Waals surface area contributed by atoms with Gasteiger partial charge in [-0.05, 0) is 30.9 Å². The highest BCUT2D eigenvalue weighted by atomic mass is 32.2. The Morgan fingerprint density at radius 2 is 1.93 bits per heavy atom. The average Bonchev–Trinajstić information content (AvgIpc) is 3.05. The first-order chi connectivity index (χ1) is 13.2. The third-order valence-electron chi connectivity index (χ3n) is 5.21. The Morgan fingerprint density at radius 3 is 2.70 bits per heavy atom. The zero-order valence-electron chi connectivity index (χ0n) is 15.0. The number of hydrogen-bond acceptors (Lipinski definition) is 5. The monoisotopic (exact) mass is 382 g/mol. The molecule has 0 aliphatic carbocycles. The molecule has 4 heterocycles. The molecule has 3 saturated heterocycles. The average molecular weight is 382 g/mol. The number of rotatable bonds is 4. The van der Waals surface area contributed by atoms with Crippen LogP contribution in [-0.2, 0) is 4.79 Å². The maximum Gasteiger partial charge on any atom is 0.274 e. The van der Waals surface area contributed by atoms with Crippen molar-refractivity contribution in [2.45, 2.75) is 23.8 Å². The van der Waals surface area contributed by atoms with Crippen molar-refractivity contribution in [3.8, 4) is 0 Å². The topological polar surface area (TPSA) is 66.4 Å². The third kappa shape index (κ3) is 4.13. The van der Waals surface area contributed by atoms with Crippen molar-refractivity contribution in [2.24, 2.45) is 5.92 Å². The molecule has 5 rings (SSSR count). The van der Waals surface area contributed by atoms with Crippen LogP contribution < -0.4 is 0 Å². The molecule has 2 amide bonds. The summed E-state index contributed by atoms with van der Waals surface area (Å²) in [5.74, 6) is 0.834. The highest BCUT2D eigenvalue weighted by Gasteiger charge is 2.38. The van der Waals surface area contributed by atoms with Crippen LogP contribution in [0.5, 0.6) is 0 Å². The van der Waals surface area contributed by atoms with E-state index in [4.69, 9.17) is 0 Å². The summed E-state index contributed by atoms with van der Waals surface area (Å²) in [6, 6.07) is 10.1. The summed E-state index contributed by atoms with van der Waals surface area (Å²) < 4.78 is 0. The number of carbonyl (C=O) groups is 2. The summed E-state index contributed by atoms with van der Waals surface area (Å²) in [6.45, 7) is 2.00. The SMILES string of the molecule is O=C(c1cnccn1)N1C[C@H]2CC[C@@H](C1)N(C(=O)CSc1ccccc1)C2. The van der Waals surface area contributed by atoms with Crippen LogP contribution in [0.25, 0.3) is 0 Å². The van der Waals surface area contributed by atoms with Crippen LogP contribution in [-0.4, -0.2) is 63.0 Å². The van der Waals surface area contributed by atoms with Gasteiger partial charge in [-0.2, -0.15) is 0 Å². The zero-order valence-corrected chi connectivity index (χ0v) is 15.8. The van der Waals surface area contributed by atoms with Crippen LogP contribution in [0.4, 0.5) is 0 Å². The lowest BCUT2D eigenvalue weighted by Crippen LogP contribution is -2.48. The van der Waals surface area contributed by atoms with Gasteiger partial charge >= 0.3 is 0 Å². The molecule has 3 aliphatic heterocycles. The number of thioether (sulfide) groups is 1. The molecule has 140 valence electrons. The summed E-state index contributed by atoms with van der Waals surface area (Å²) >= 11 is 1.57. The lowest BCUT2D eigenvalue weighted by molar-refractivity contribution is -0.132. The smallest absolute Gasteiger partial charge is 0.274 e. The van der Waals surface area contributed by atoms with Gasteiger partial charge in [-0.15, -0.1) is 11.8 Å². The van der Waals surface area contributed by atoms with E-state index >= 15 is 0 Å². The fraction of sp³-hybridized carbons (Fsp3) is 0.400. The van der Waals surface area contributed by atoms with E-state index < -0.39 is 0 Å². The van der Waals surface area contributed by atoms with Crippen LogP contribution >= 0.6 is 11.8 Å². The van der Waals surface area contributed by atoms with Crippen LogP contribution in [0.2, 0.25) is 0 Å². The first-order valence-electron chi connectivity index (χ1n) is 9.23. The van der Waals surface area contributed by atoms with Gasteiger partial charge in [-0.25, -0.2) is 4.98 Å². The second-order valence-corrected chi connectivity index (χ2v) is 8.09. The Kier molecular flexibility index (Phi) is 5.38. The summed E-state index contributed by atoms with van der Waals surface area (Å²) in [4.78, 5) is 38.7. The molecule has 0 unspecified atom stereocenters. The Balaban J connectivity index is 1.42. The minimum atomic E-state index is -0.0899. The summed E-state index contributed by atoms with van der Waals surface area (Å²) in [6.07, 6.45) is 6.62. The number of fused-ring (bicyclic) bond motifs is 4. The minimum Gasteiger partial charge on any atom is -0.337 e. The molecule has 3 aliphatic rings. The second-order valence-electron chi connectivity index (χ2n) is 7.05. The summed E-state index contributed by atoms with van der Waals surface area (Å²) in [5.41, 5.74) is 0.372. The largest absolute Gasteiger partial charge is 0.337 e. The zero-order chi connectivity index (χ0) is 18.6. The van der Waals surface area contributed by atoms with E-state index in [0.717, 1.165) is 24.3 Å². The molecule has 27 heavy (non-hydrogen) atoms. The van der Waals surface area contributed by atoms with Crippen LogP contribution in [0, 0.1) is 5.92 Å². The number of amides is 2. The fourth-order valence-corrected chi connectivity index (χ4v) is 4.67. The van der Waals surface area contributed by atoms with Crippen LogP contribution in [0.15, 0.2) is 53.8 Å². The number of aromatic nitrogens is 2. The lowest BCUT2D eigenvalue weighted by atomic mass is 9.95. The van der Waals surface area contributed by atoms with E-state index in [1.54, 1.807) is 18.0 Å². The predicted molar refractivity (Wildman–Crippen MR) is 103 cm³/mol. The second kappa shape index (κ2) is 8.08. The molecule has 2 aromatic rings. The van der Waals surface area contributed by atoms with E-state index in [9.17, 15) is 9.59 Å². The first kappa shape index (κ1) is 18.0. The Labute approximate surface area is 163 Å². The van der Waals surface area contributed by atoms with Gasteiger partial charge in [-0.1, -0.05) is 18.2 Å². The normalized spacial score (nSPS) is 21.8. The molecule has 6 nitrogen and oxygen atoms in total. The van der Waals surface area contributed by atoms with Crippen molar-refractivity contribution in [1.82, 2.24) is 19.8 Å². The Hall–Kier alpha value is -2.41.